The molecule has 16 heavy (non-hydrogen) atoms. The van der Waals surface area contributed by atoms with Crippen molar-refractivity contribution in [2.24, 2.45) is 5.73 Å². The lowest BCUT2D eigenvalue weighted by molar-refractivity contribution is 0.220. The maximum Gasteiger partial charge on any atom is 0.277 e. The maximum atomic E-state index is 11.5. The van der Waals surface area contributed by atoms with Gasteiger partial charge >= 0.3 is 0 Å². The Morgan fingerprint density at radius 2 is 1.94 bits per heavy atom. The van der Waals surface area contributed by atoms with Gasteiger partial charge in [0.1, 0.15) is 0 Å². The first-order chi connectivity index (χ1) is 7.31. The van der Waals surface area contributed by atoms with Crippen LogP contribution in [0.25, 0.3) is 0 Å². The predicted octanol–water partition coefficient (Wildman–Crippen LogP) is -1.21. The molecular formula is C8H18N4O2S2. The summed E-state index contributed by atoms with van der Waals surface area (Å²) in [7, 11) is -0.192. The Bertz CT molecular complexity index is 360. The molecule has 0 aromatic carbocycles. The van der Waals surface area contributed by atoms with Crippen LogP contribution in [-0.2, 0) is 10.2 Å². The third-order valence-corrected chi connectivity index (χ3v) is 4.50. The molecule has 0 amide bonds. The third-order valence-electron chi connectivity index (χ3n) is 2.91. The molecule has 6 nitrogen and oxygen atoms in total. The van der Waals surface area contributed by atoms with Gasteiger partial charge in [0.25, 0.3) is 10.2 Å². The van der Waals surface area contributed by atoms with Gasteiger partial charge in [0.05, 0.1) is 10.5 Å². The van der Waals surface area contributed by atoms with Gasteiger partial charge in [-0.05, 0) is 19.9 Å². The number of hydrogen-bond donors (Lipinski definition) is 3. The zero-order chi connectivity index (χ0) is 12.4. The van der Waals surface area contributed by atoms with Crippen molar-refractivity contribution in [2.45, 2.75) is 18.4 Å². The van der Waals surface area contributed by atoms with Gasteiger partial charge < -0.3 is 10.6 Å². The summed E-state index contributed by atoms with van der Waals surface area (Å²) in [6.07, 6.45) is 1.19. The lowest BCUT2D eigenvalue weighted by Crippen LogP contribution is -2.62. The fourth-order valence-electron chi connectivity index (χ4n) is 1.71. The van der Waals surface area contributed by atoms with E-state index in [-0.39, 0.29) is 4.99 Å². The van der Waals surface area contributed by atoms with Crippen LogP contribution in [0.3, 0.4) is 0 Å². The molecule has 0 unspecified atom stereocenters. The molecule has 1 aliphatic rings. The van der Waals surface area contributed by atoms with Crippen LogP contribution in [0.5, 0.6) is 0 Å². The lowest BCUT2D eigenvalue weighted by Gasteiger charge is -2.39. The standard InChI is InChI=1S/C8H18N4O2S2/c1-10-16(13,14)11-8(7(9)15)3-5-12(2)6-4-8/h10-11H,3-6H2,1-2H3,(H2,9,15). The van der Waals surface area contributed by atoms with Gasteiger partial charge in [0.15, 0.2) is 0 Å². The SMILES string of the molecule is CNS(=O)(=O)NC1(C(N)=S)CCN(C)CC1. The molecule has 0 radical (unpaired) electrons. The minimum absolute atomic E-state index is 0.208. The summed E-state index contributed by atoms with van der Waals surface area (Å²) < 4.78 is 27.8. The molecule has 4 N–H and O–H groups in total. The molecule has 8 heteroatoms. The van der Waals surface area contributed by atoms with Gasteiger partial charge in [-0.2, -0.15) is 13.1 Å². The Labute approximate surface area is 102 Å². The number of rotatable bonds is 4. The van der Waals surface area contributed by atoms with Crippen molar-refractivity contribution in [1.82, 2.24) is 14.3 Å². The quantitative estimate of drug-likeness (QED) is 0.556. The van der Waals surface area contributed by atoms with E-state index < -0.39 is 15.7 Å². The lowest BCUT2D eigenvalue weighted by atomic mass is 9.89. The van der Waals surface area contributed by atoms with Crippen molar-refractivity contribution in [3.63, 3.8) is 0 Å². The Balaban J connectivity index is 2.87. The second-order valence-corrected chi connectivity index (χ2v) is 6.12. The average Bonchev–Trinajstić information content (AvgIpc) is 2.21. The van der Waals surface area contributed by atoms with Gasteiger partial charge in [-0.1, -0.05) is 12.2 Å². The summed E-state index contributed by atoms with van der Waals surface area (Å²) in [4.78, 5) is 2.32. The van der Waals surface area contributed by atoms with Crippen LogP contribution in [0.15, 0.2) is 0 Å². The molecule has 0 aromatic rings. The largest absolute Gasteiger partial charge is 0.392 e. The van der Waals surface area contributed by atoms with Crippen LogP contribution in [0.2, 0.25) is 0 Å². The first-order valence-electron chi connectivity index (χ1n) is 5.02. The van der Waals surface area contributed by atoms with Crippen LogP contribution in [0.4, 0.5) is 0 Å². The zero-order valence-electron chi connectivity index (χ0n) is 9.49. The summed E-state index contributed by atoms with van der Waals surface area (Å²) in [6.45, 7) is 1.53. The van der Waals surface area contributed by atoms with E-state index in [0.717, 1.165) is 13.1 Å². The van der Waals surface area contributed by atoms with Crippen molar-refractivity contribution < 1.29 is 8.42 Å². The predicted molar refractivity (Wildman–Crippen MR) is 67.4 cm³/mol. The van der Waals surface area contributed by atoms with E-state index in [1.165, 1.54) is 7.05 Å². The zero-order valence-corrected chi connectivity index (χ0v) is 11.1. The number of hydrogen-bond acceptors (Lipinski definition) is 4. The highest BCUT2D eigenvalue weighted by Gasteiger charge is 2.39. The number of nitrogens with one attached hydrogen (secondary N) is 2. The monoisotopic (exact) mass is 266 g/mol. The number of piperidine rings is 1. The first kappa shape index (κ1) is 13.8. The molecule has 0 aromatic heterocycles. The topological polar surface area (TPSA) is 87.5 Å². The minimum atomic E-state index is -3.53. The van der Waals surface area contributed by atoms with Gasteiger partial charge in [0, 0.05) is 20.1 Å². The highest BCUT2D eigenvalue weighted by atomic mass is 32.2. The highest BCUT2D eigenvalue weighted by Crippen LogP contribution is 2.22. The highest BCUT2D eigenvalue weighted by molar-refractivity contribution is 7.87. The minimum Gasteiger partial charge on any atom is -0.392 e. The van der Waals surface area contributed by atoms with Gasteiger partial charge in [-0.15, -0.1) is 0 Å². The van der Waals surface area contributed by atoms with Crippen LogP contribution in [0.1, 0.15) is 12.8 Å². The number of nitrogens with two attached hydrogens (primary N) is 1. The van der Waals surface area contributed by atoms with E-state index in [0.29, 0.717) is 12.8 Å². The molecular weight excluding hydrogens is 248 g/mol. The molecule has 0 atom stereocenters. The van der Waals surface area contributed by atoms with E-state index in [9.17, 15) is 8.42 Å². The van der Waals surface area contributed by atoms with Crippen molar-refractivity contribution in [3.8, 4) is 0 Å². The Morgan fingerprint density at radius 3 is 2.31 bits per heavy atom. The first-order valence-corrected chi connectivity index (χ1v) is 6.91. The van der Waals surface area contributed by atoms with Gasteiger partial charge in [-0.25, -0.2) is 4.72 Å². The molecule has 1 saturated heterocycles. The smallest absolute Gasteiger partial charge is 0.277 e. The summed E-state index contributed by atoms with van der Waals surface area (Å²) in [5.41, 5.74) is 4.88. The van der Waals surface area contributed by atoms with Crippen LogP contribution in [-0.4, -0.2) is 51.0 Å². The molecule has 0 spiro atoms. The number of nitrogens with zero attached hydrogens (tertiary/aromatic N) is 1. The van der Waals surface area contributed by atoms with E-state index >= 15 is 0 Å². The van der Waals surface area contributed by atoms with E-state index in [1.807, 2.05) is 7.05 Å². The van der Waals surface area contributed by atoms with Crippen LogP contribution < -0.4 is 15.2 Å². The Morgan fingerprint density at radius 1 is 1.44 bits per heavy atom. The average molecular weight is 266 g/mol. The molecule has 1 rings (SSSR count). The van der Waals surface area contributed by atoms with Crippen molar-refractivity contribution in [3.05, 3.63) is 0 Å². The Kier molecular flexibility index (Phi) is 4.24. The summed E-state index contributed by atoms with van der Waals surface area (Å²) in [5, 5.41) is 0. The van der Waals surface area contributed by atoms with Crippen LogP contribution in [0, 0.1) is 0 Å². The fourth-order valence-corrected chi connectivity index (χ4v) is 2.96. The molecule has 0 bridgehead atoms. The van der Waals surface area contributed by atoms with E-state index in [1.54, 1.807) is 0 Å². The maximum absolute atomic E-state index is 11.5. The van der Waals surface area contributed by atoms with Crippen molar-refractivity contribution in [1.29, 1.82) is 0 Å². The molecule has 1 heterocycles. The van der Waals surface area contributed by atoms with Crippen LogP contribution >= 0.6 is 12.2 Å². The molecule has 1 aliphatic heterocycles. The van der Waals surface area contributed by atoms with E-state index in [2.05, 4.69) is 14.3 Å². The van der Waals surface area contributed by atoms with E-state index in [4.69, 9.17) is 18.0 Å². The summed E-state index contributed by atoms with van der Waals surface area (Å²) >= 11 is 4.99. The second kappa shape index (κ2) is 4.92. The number of likely N-dealkylation sites (tertiary alicyclic amines) is 1. The molecule has 0 saturated carbocycles. The fraction of sp³-hybridized carbons (Fsp3) is 0.875. The Hall–Kier alpha value is -0.280. The summed E-state index contributed by atoms with van der Waals surface area (Å²) in [6, 6.07) is 0. The number of thiocarbonyl (C=S) groups is 1. The molecule has 1 fully saturated rings. The van der Waals surface area contributed by atoms with Gasteiger partial charge in [0.2, 0.25) is 0 Å². The normalized spacial score (nSPS) is 21.9. The van der Waals surface area contributed by atoms with Crippen molar-refractivity contribution in [2.75, 3.05) is 27.2 Å². The molecule has 0 aliphatic carbocycles. The third kappa shape index (κ3) is 3.11. The molecule has 94 valence electrons. The van der Waals surface area contributed by atoms with Gasteiger partial charge in [-0.3, -0.25) is 0 Å². The second-order valence-electron chi connectivity index (χ2n) is 4.06. The summed E-state index contributed by atoms with van der Waals surface area (Å²) in [5.74, 6) is 0. The van der Waals surface area contributed by atoms with Crippen molar-refractivity contribution >= 4 is 27.4 Å².